The molecule has 2 aliphatic heterocycles. The van der Waals surface area contributed by atoms with Gasteiger partial charge in [-0.05, 0) is 12.8 Å². The standard InChI is InChI=1S/C11H17N3O3S/c15-18(16,10-7-17-8-10)12-5-9-6-14-4-2-1-3-11(14)13-9/h6,10,12H,1-5,7-8H2. The molecule has 3 heterocycles. The van der Waals surface area contributed by atoms with Crippen molar-refractivity contribution in [3.05, 3.63) is 17.7 Å². The van der Waals surface area contributed by atoms with Crippen LogP contribution < -0.4 is 4.72 Å². The van der Waals surface area contributed by atoms with Crippen LogP contribution in [0.4, 0.5) is 0 Å². The van der Waals surface area contributed by atoms with Crippen molar-refractivity contribution in [2.75, 3.05) is 13.2 Å². The third-order valence-electron chi connectivity index (χ3n) is 3.46. The molecule has 1 aromatic rings. The molecule has 1 aromatic heterocycles. The van der Waals surface area contributed by atoms with Crippen LogP contribution in [0.2, 0.25) is 0 Å². The van der Waals surface area contributed by atoms with Crippen molar-refractivity contribution in [1.29, 1.82) is 0 Å². The van der Waals surface area contributed by atoms with Gasteiger partial charge in [-0.15, -0.1) is 0 Å². The Hall–Kier alpha value is -0.920. The first-order valence-electron chi connectivity index (χ1n) is 6.26. The number of fused-ring (bicyclic) bond motifs is 1. The minimum absolute atomic E-state index is 0.277. The van der Waals surface area contributed by atoms with Gasteiger partial charge in [-0.3, -0.25) is 0 Å². The summed E-state index contributed by atoms with van der Waals surface area (Å²) in [6, 6.07) is 0. The number of aromatic nitrogens is 2. The highest BCUT2D eigenvalue weighted by molar-refractivity contribution is 7.90. The molecule has 6 nitrogen and oxygen atoms in total. The molecule has 0 aliphatic carbocycles. The number of hydrogen-bond donors (Lipinski definition) is 1. The van der Waals surface area contributed by atoms with Gasteiger partial charge in [0.1, 0.15) is 11.1 Å². The fourth-order valence-corrected chi connectivity index (χ4v) is 3.38. The van der Waals surface area contributed by atoms with Gasteiger partial charge >= 0.3 is 0 Å². The molecule has 3 rings (SSSR count). The third-order valence-corrected chi connectivity index (χ3v) is 5.16. The fourth-order valence-electron chi connectivity index (χ4n) is 2.24. The SMILES string of the molecule is O=S(=O)(NCc1cn2c(n1)CCCC2)C1COC1. The molecule has 0 atom stereocenters. The van der Waals surface area contributed by atoms with E-state index in [0.717, 1.165) is 24.5 Å². The lowest BCUT2D eigenvalue weighted by atomic mass is 10.2. The van der Waals surface area contributed by atoms with Crippen molar-refractivity contribution >= 4 is 10.0 Å². The summed E-state index contributed by atoms with van der Waals surface area (Å²) < 4.78 is 33.2. The zero-order valence-electron chi connectivity index (χ0n) is 10.1. The molecule has 7 heteroatoms. The maximum absolute atomic E-state index is 11.8. The quantitative estimate of drug-likeness (QED) is 0.839. The summed E-state index contributed by atoms with van der Waals surface area (Å²) >= 11 is 0. The summed E-state index contributed by atoms with van der Waals surface area (Å²) in [6.07, 6.45) is 5.28. The van der Waals surface area contributed by atoms with Crippen LogP contribution in [0.15, 0.2) is 6.20 Å². The molecule has 0 aromatic carbocycles. The number of hydrogen-bond acceptors (Lipinski definition) is 4. The van der Waals surface area contributed by atoms with Crippen LogP contribution in [0.25, 0.3) is 0 Å². The Labute approximate surface area is 106 Å². The van der Waals surface area contributed by atoms with E-state index in [-0.39, 0.29) is 6.54 Å². The van der Waals surface area contributed by atoms with E-state index < -0.39 is 15.3 Å². The molecule has 0 amide bonds. The van der Waals surface area contributed by atoms with Crippen LogP contribution >= 0.6 is 0 Å². The fraction of sp³-hybridized carbons (Fsp3) is 0.727. The largest absolute Gasteiger partial charge is 0.378 e. The molecule has 0 saturated carbocycles. The van der Waals surface area contributed by atoms with Crippen molar-refractivity contribution in [1.82, 2.24) is 14.3 Å². The van der Waals surface area contributed by atoms with Gasteiger partial charge in [0.2, 0.25) is 10.0 Å². The van der Waals surface area contributed by atoms with Gasteiger partial charge in [0.05, 0.1) is 25.5 Å². The van der Waals surface area contributed by atoms with Crippen LogP contribution in [0.1, 0.15) is 24.4 Å². The zero-order chi connectivity index (χ0) is 12.6. The molecular weight excluding hydrogens is 254 g/mol. The van der Waals surface area contributed by atoms with Crippen molar-refractivity contribution in [3.63, 3.8) is 0 Å². The summed E-state index contributed by atoms with van der Waals surface area (Å²) in [6.45, 7) is 1.87. The molecule has 18 heavy (non-hydrogen) atoms. The Morgan fingerprint density at radius 3 is 2.94 bits per heavy atom. The molecule has 100 valence electrons. The van der Waals surface area contributed by atoms with Gasteiger partial charge in [-0.1, -0.05) is 0 Å². The number of imidazole rings is 1. The smallest absolute Gasteiger partial charge is 0.219 e. The number of nitrogens with zero attached hydrogens (tertiary/aromatic N) is 2. The summed E-state index contributed by atoms with van der Waals surface area (Å²) in [5.74, 6) is 1.07. The lowest BCUT2D eigenvalue weighted by molar-refractivity contribution is 0.0411. The molecule has 1 fully saturated rings. The number of sulfonamides is 1. The highest BCUT2D eigenvalue weighted by Crippen LogP contribution is 2.15. The first-order valence-corrected chi connectivity index (χ1v) is 7.81. The molecule has 2 aliphatic rings. The van der Waals surface area contributed by atoms with E-state index in [4.69, 9.17) is 4.74 Å². The van der Waals surface area contributed by atoms with E-state index in [2.05, 4.69) is 14.3 Å². The minimum atomic E-state index is -3.25. The summed E-state index contributed by atoms with van der Waals surface area (Å²) in [5, 5.41) is -0.394. The summed E-state index contributed by atoms with van der Waals surface area (Å²) in [5.41, 5.74) is 0.802. The second-order valence-corrected chi connectivity index (χ2v) is 6.87. The van der Waals surface area contributed by atoms with Crippen LogP contribution in [-0.4, -0.2) is 36.4 Å². The second kappa shape index (κ2) is 4.64. The first kappa shape index (κ1) is 12.1. The number of ether oxygens (including phenoxy) is 1. The molecule has 0 unspecified atom stereocenters. The Bertz CT molecular complexity index is 510. The summed E-state index contributed by atoms with van der Waals surface area (Å²) in [4.78, 5) is 4.46. The molecule has 1 N–H and O–H groups in total. The highest BCUT2D eigenvalue weighted by Gasteiger charge is 2.32. The van der Waals surface area contributed by atoms with Crippen molar-refractivity contribution in [3.8, 4) is 0 Å². The normalized spacial score (nSPS) is 20.4. The Morgan fingerprint density at radius 1 is 1.44 bits per heavy atom. The molecule has 0 spiro atoms. The zero-order valence-corrected chi connectivity index (χ0v) is 10.9. The van der Waals surface area contributed by atoms with Crippen LogP contribution in [0, 0.1) is 0 Å². The highest BCUT2D eigenvalue weighted by atomic mass is 32.2. The molecule has 1 saturated heterocycles. The molecular formula is C11H17N3O3S. The number of rotatable bonds is 4. The van der Waals surface area contributed by atoms with E-state index in [0.29, 0.717) is 13.2 Å². The van der Waals surface area contributed by atoms with Crippen molar-refractivity contribution < 1.29 is 13.2 Å². The first-order chi connectivity index (χ1) is 8.65. The van der Waals surface area contributed by atoms with Gasteiger partial charge in [-0.2, -0.15) is 0 Å². The second-order valence-electron chi connectivity index (χ2n) is 4.82. The molecule has 0 radical (unpaired) electrons. The summed E-state index contributed by atoms with van der Waals surface area (Å²) in [7, 11) is -3.25. The Morgan fingerprint density at radius 2 is 2.28 bits per heavy atom. The van der Waals surface area contributed by atoms with E-state index in [1.807, 2.05) is 6.20 Å². The predicted molar refractivity (Wildman–Crippen MR) is 65.5 cm³/mol. The third kappa shape index (κ3) is 2.30. The predicted octanol–water partition coefficient (Wildman–Crippen LogP) is 0.0376. The van der Waals surface area contributed by atoms with Gasteiger partial charge in [0, 0.05) is 19.2 Å². The minimum Gasteiger partial charge on any atom is -0.378 e. The maximum atomic E-state index is 11.8. The van der Waals surface area contributed by atoms with Crippen LogP contribution in [-0.2, 0) is 34.3 Å². The van der Waals surface area contributed by atoms with Crippen molar-refractivity contribution in [2.24, 2.45) is 0 Å². The van der Waals surface area contributed by atoms with Gasteiger partial charge in [-0.25, -0.2) is 18.1 Å². The maximum Gasteiger partial charge on any atom is 0.219 e. The van der Waals surface area contributed by atoms with E-state index in [1.54, 1.807) is 0 Å². The van der Waals surface area contributed by atoms with Gasteiger partial charge in [0.15, 0.2) is 0 Å². The van der Waals surface area contributed by atoms with E-state index in [1.165, 1.54) is 12.8 Å². The van der Waals surface area contributed by atoms with E-state index in [9.17, 15) is 8.42 Å². The topological polar surface area (TPSA) is 73.2 Å². The Kier molecular flexibility index (Phi) is 3.13. The monoisotopic (exact) mass is 271 g/mol. The van der Waals surface area contributed by atoms with Crippen LogP contribution in [0.5, 0.6) is 0 Å². The number of aryl methyl sites for hydroxylation is 2. The number of nitrogens with one attached hydrogen (secondary N) is 1. The Balaban J connectivity index is 1.64. The van der Waals surface area contributed by atoms with Gasteiger partial charge < -0.3 is 9.30 Å². The average molecular weight is 271 g/mol. The average Bonchev–Trinajstić information content (AvgIpc) is 2.66. The van der Waals surface area contributed by atoms with Crippen molar-refractivity contribution in [2.45, 2.75) is 37.6 Å². The lowest BCUT2D eigenvalue weighted by Crippen LogP contribution is -2.46. The molecule has 0 bridgehead atoms. The van der Waals surface area contributed by atoms with E-state index >= 15 is 0 Å². The van der Waals surface area contributed by atoms with Gasteiger partial charge in [0.25, 0.3) is 0 Å². The lowest BCUT2D eigenvalue weighted by Gasteiger charge is -2.25. The van der Waals surface area contributed by atoms with Crippen LogP contribution in [0.3, 0.4) is 0 Å².